The normalized spacial score (nSPS) is 10.4. The van der Waals surface area contributed by atoms with Crippen molar-refractivity contribution in [2.45, 2.75) is 0 Å². The molecule has 0 spiro atoms. The summed E-state index contributed by atoms with van der Waals surface area (Å²) in [4.78, 5) is 68.9. The summed E-state index contributed by atoms with van der Waals surface area (Å²) < 4.78 is 54.7. The number of hydrogen-bond donors (Lipinski definition) is 0. The molecule has 0 radical (unpaired) electrons. The van der Waals surface area contributed by atoms with Crippen molar-refractivity contribution in [1.82, 2.24) is 0 Å². The molecule has 70 heavy (non-hydrogen) atoms. The van der Waals surface area contributed by atoms with Gasteiger partial charge in [-0.25, -0.2) is 9.59 Å². The van der Waals surface area contributed by atoms with Crippen molar-refractivity contribution < 1.29 is 71.3 Å². The van der Waals surface area contributed by atoms with Crippen LogP contribution in [0.1, 0.15) is 57.4 Å². The van der Waals surface area contributed by atoms with Gasteiger partial charge < -0.3 is 57.2 Å². The van der Waals surface area contributed by atoms with Crippen LogP contribution < -0.4 is 57.2 Å². The fourth-order valence-electron chi connectivity index (χ4n) is 7.27. The minimum absolute atomic E-state index is 0.0220. The number of anilines is 2. The van der Waals surface area contributed by atoms with E-state index in [1.807, 2.05) is 6.07 Å². The average Bonchev–Trinajstić information content (AvgIpc) is 3.40. The molecular weight excluding hydrogens is 907 g/mol. The van der Waals surface area contributed by atoms with Gasteiger partial charge >= 0.3 is 11.9 Å². The monoisotopic (exact) mass is 953 g/mol. The lowest BCUT2D eigenvalue weighted by molar-refractivity contribution is 0.0719. The molecular formula is C52H47N3O15. The number of hydrogen-bond acceptors (Lipinski definition) is 16. The van der Waals surface area contributed by atoms with Crippen molar-refractivity contribution >= 4 is 41.4 Å². The van der Waals surface area contributed by atoms with Gasteiger partial charge in [0.1, 0.15) is 34.6 Å². The molecule has 0 saturated carbocycles. The molecule has 6 rings (SSSR count). The summed E-state index contributed by atoms with van der Waals surface area (Å²) in [5, 5.41) is 9.98. The number of esters is 2. The first-order valence-electron chi connectivity index (χ1n) is 20.8. The molecule has 0 aromatic heterocycles. The Morgan fingerprint density at radius 3 is 1.34 bits per heavy atom. The highest BCUT2D eigenvalue weighted by atomic mass is 16.6. The van der Waals surface area contributed by atoms with E-state index in [0.717, 1.165) is 0 Å². The molecule has 18 heteroatoms. The molecule has 18 nitrogen and oxygen atoms in total. The molecule has 0 aliphatic carbocycles. The molecule has 6 aromatic rings. The lowest BCUT2D eigenvalue weighted by Crippen LogP contribution is -2.27. The van der Waals surface area contributed by atoms with Gasteiger partial charge in [0.05, 0.1) is 79.4 Å². The van der Waals surface area contributed by atoms with E-state index in [1.165, 1.54) is 134 Å². The smallest absolute Gasteiger partial charge is 0.347 e. The van der Waals surface area contributed by atoms with Gasteiger partial charge in [0.2, 0.25) is 0 Å². The number of carbonyl (C=O) groups excluding carboxylic acids is 5. The Balaban J connectivity index is 1.18. The van der Waals surface area contributed by atoms with Gasteiger partial charge in [-0.2, -0.15) is 5.26 Å². The summed E-state index contributed by atoms with van der Waals surface area (Å²) >= 11 is 0. The van der Waals surface area contributed by atoms with Gasteiger partial charge in [-0.05, 0) is 83.9 Å². The number of ether oxygens (including phenoxy) is 10. The third kappa shape index (κ3) is 10.2. The first-order chi connectivity index (χ1) is 33.7. The maximum Gasteiger partial charge on any atom is 0.347 e. The van der Waals surface area contributed by atoms with Crippen LogP contribution in [-0.2, 0) is 0 Å². The van der Waals surface area contributed by atoms with Crippen molar-refractivity contribution in [3.05, 3.63) is 130 Å². The van der Waals surface area contributed by atoms with Gasteiger partial charge in [0.15, 0.2) is 40.8 Å². The molecule has 0 bridgehead atoms. The van der Waals surface area contributed by atoms with Crippen molar-refractivity contribution in [3.8, 4) is 74.7 Å². The molecule has 0 aliphatic heterocycles. The summed E-state index contributed by atoms with van der Waals surface area (Å²) in [5.74, 6) is -0.661. The standard InChI is InChI=1S/C52H47N3O15/c1-54(49(57)31-13-17-39(33(19-31)27-53)69-51(59)35-24-46(66-8)45(65-7)23-34(35)28-56)37-15-11-29(20-42(37)62-4)30-12-16-38(43(21-30)63-5)55(2)50(58)32-14-18-40(44(22-32)64-6)70-52(60)36-25-47(67-9)48(68-10)26-41(36)61-3/h11-26,28H,1-10H3. The quantitative estimate of drug-likeness (QED) is 0.0453. The first kappa shape index (κ1) is 50.2. The Kier molecular flexibility index (Phi) is 15.8. The predicted octanol–water partition coefficient (Wildman–Crippen LogP) is 8.10. The molecule has 0 atom stereocenters. The van der Waals surface area contributed by atoms with Gasteiger partial charge in [-0.3, -0.25) is 14.4 Å². The molecule has 0 N–H and O–H groups in total. The zero-order valence-electron chi connectivity index (χ0n) is 39.8. The van der Waals surface area contributed by atoms with Crippen LogP contribution >= 0.6 is 0 Å². The lowest BCUT2D eigenvalue weighted by atomic mass is 10.0. The number of amides is 2. The summed E-state index contributed by atoms with van der Waals surface area (Å²) in [5.41, 5.74) is 2.34. The minimum Gasteiger partial charge on any atom is -0.496 e. The van der Waals surface area contributed by atoms with Crippen LogP contribution in [-0.4, -0.2) is 101 Å². The van der Waals surface area contributed by atoms with E-state index in [9.17, 15) is 29.2 Å². The summed E-state index contributed by atoms with van der Waals surface area (Å²) in [7, 11) is 14.5. The van der Waals surface area contributed by atoms with E-state index < -0.39 is 23.8 Å². The zero-order chi connectivity index (χ0) is 50.8. The van der Waals surface area contributed by atoms with Crippen molar-refractivity contribution in [2.24, 2.45) is 0 Å². The second-order valence-corrected chi connectivity index (χ2v) is 14.8. The Morgan fingerprint density at radius 1 is 0.443 bits per heavy atom. The second-order valence-electron chi connectivity index (χ2n) is 14.8. The molecule has 0 aliphatic rings. The number of aldehydes is 1. The molecule has 0 unspecified atom stereocenters. The first-order valence-corrected chi connectivity index (χ1v) is 20.8. The Hall–Kier alpha value is -9.24. The number of nitrogens with zero attached hydrogens (tertiary/aromatic N) is 3. The summed E-state index contributed by atoms with van der Waals surface area (Å²) in [6.45, 7) is 0. The average molecular weight is 954 g/mol. The van der Waals surface area contributed by atoms with E-state index in [1.54, 1.807) is 43.4 Å². The SMILES string of the molecule is COc1cc(C=O)c(C(=O)Oc2ccc(C(=O)N(C)c3ccc(-c4ccc(N(C)C(=O)c5ccc(OC(=O)c6cc(OC)c(OC)cc6OC)c(OC)c5)c(OC)c4)cc3OC)cc2C#N)cc1OC. The Bertz CT molecular complexity index is 3050. The highest BCUT2D eigenvalue weighted by Gasteiger charge is 2.26. The van der Waals surface area contributed by atoms with Crippen LogP contribution in [0.2, 0.25) is 0 Å². The van der Waals surface area contributed by atoms with E-state index in [-0.39, 0.29) is 73.6 Å². The molecule has 6 aromatic carbocycles. The van der Waals surface area contributed by atoms with Crippen LogP contribution in [0.25, 0.3) is 11.1 Å². The molecule has 2 amide bonds. The van der Waals surface area contributed by atoms with Gasteiger partial charge in [-0.15, -0.1) is 0 Å². The van der Waals surface area contributed by atoms with Crippen LogP contribution in [0.3, 0.4) is 0 Å². The Morgan fingerprint density at radius 2 is 0.857 bits per heavy atom. The fraction of sp³-hybridized carbons (Fsp3) is 0.192. The van der Waals surface area contributed by atoms with Crippen molar-refractivity contribution in [3.63, 3.8) is 0 Å². The highest BCUT2D eigenvalue weighted by Crippen LogP contribution is 2.40. The largest absolute Gasteiger partial charge is 0.496 e. The number of carbonyl (C=O) groups is 5. The van der Waals surface area contributed by atoms with E-state index in [2.05, 4.69) is 0 Å². The number of methoxy groups -OCH3 is 8. The van der Waals surface area contributed by atoms with Crippen LogP contribution in [0.5, 0.6) is 57.5 Å². The van der Waals surface area contributed by atoms with Crippen molar-refractivity contribution in [2.75, 3.05) is 80.8 Å². The third-order valence-electron chi connectivity index (χ3n) is 11.0. The van der Waals surface area contributed by atoms with E-state index >= 15 is 0 Å². The maximum atomic E-state index is 13.9. The number of nitriles is 1. The molecule has 0 saturated heterocycles. The van der Waals surface area contributed by atoms with Crippen LogP contribution in [0.4, 0.5) is 11.4 Å². The van der Waals surface area contributed by atoms with Gasteiger partial charge in [-0.1, -0.05) is 12.1 Å². The van der Waals surface area contributed by atoms with E-state index in [4.69, 9.17) is 47.4 Å². The van der Waals surface area contributed by atoms with Crippen LogP contribution in [0, 0.1) is 11.3 Å². The summed E-state index contributed by atoms with van der Waals surface area (Å²) in [6.07, 6.45) is 0.464. The second kappa shape index (κ2) is 22.0. The zero-order valence-corrected chi connectivity index (χ0v) is 39.8. The summed E-state index contributed by atoms with van der Waals surface area (Å²) in [6, 6.07) is 26.4. The molecule has 0 heterocycles. The van der Waals surface area contributed by atoms with Crippen LogP contribution in [0.15, 0.2) is 97.1 Å². The van der Waals surface area contributed by atoms with Gasteiger partial charge in [0, 0.05) is 42.9 Å². The minimum atomic E-state index is -0.936. The van der Waals surface area contributed by atoms with Gasteiger partial charge in [0.25, 0.3) is 11.8 Å². The predicted molar refractivity (Wildman–Crippen MR) is 256 cm³/mol. The highest BCUT2D eigenvalue weighted by molar-refractivity contribution is 6.08. The third-order valence-corrected chi connectivity index (χ3v) is 11.0. The fourth-order valence-corrected chi connectivity index (χ4v) is 7.27. The topological polar surface area (TPSA) is 208 Å². The van der Waals surface area contributed by atoms with E-state index in [0.29, 0.717) is 46.0 Å². The number of rotatable bonds is 18. The Labute approximate surface area is 402 Å². The molecule has 360 valence electrons. The number of benzene rings is 6. The maximum absolute atomic E-state index is 13.9. The molecule has 0 fully saturated rings. The lowest BCUT2D eigenvalue weighted by Gasteiger charge is -2.22. The van der Waals surface area contributed by atoms with Crippen molar-refractivity contribution in [1.29, 1.82) is 5.26 Å².